The van der Waals surface area contributed by atoms with Crippen molar-refractivity contribution in [1.29, 1.82) is 0 Å². The van der Waals surface area contributed by atoms with Crippen molar-refractivity contribution in [3.63, 3.8) is 0 Å². The van der Waals surface area contributed by atoms with Gasteiger partial charge in [0.05, 0.1) is 17.6 Å². The van der Waals surface area contributed by atoms with Crippen molar-refractivity contribution < 1.29 is 0 Å². The van der Waals surface area contributed by atoms with E-state index in [-0.39, 0.29) is 11.0 Å². The van der Waals surface area contributed by atoms with E-state index in [9.17, 15) is 0 Å². The molecule has 0 radical (unpaired) electrons. The van der Waals surface area contributed by atoms with Gasteiger partial charge in [0.25, 0.3) is 0 Å². The van der Waals surface area contributed by atoms with Crippen LogP contribution in [-0.4, -0.2) is 25.2 Å². The van der Waals surface area contributed by atoms with Gasteiger partial charge in [-0.1, -0.05) is 26.0 Å². The summed E-state index contributed by atoms with van der Waals surface area (Å²) in [7, 11) is 0. The van der Waals surface area contributed by atoms with Crippen LogP contribution in [0.15, 0.2) is 24.5 Å². The fourth-order valence-electron chi connectivity index (χ4n) is 2.09. The van der Waals surface area contributed by atoms with Gasteiger partial charge in [-0.3, -0.25) is 0 Å². The average molecular weight is 243 g/mol. The molecule has 1 aliphatic carbocycles. The summed E-state index contributed by atoms with van der Waals surface area (Å²) in [6.07, 6.45) is 5.85. The number of hydrogen-bond acceptors (Lipinski definition) is 4. The maximum Gasteiger partial charge on any atom is 0.108 e. The highest BCUT2D eigenvalue weighted by molar-refractivity contribution is 5.24. The Kier molecular flexibility index (Phi) is 2.27. The molecule has 2 heterocycles. The summed E-state index contributed by atoms with van der Waals surface area (Å²) in [4.78, 5) is 0. The third-order valence-corrected chi connectivity index (χ3v) is 3.47. The van der Waals surface area contributed by atoms with Crippen molar-refractivity contribution in [2.45, 2.75) is 44.6 Å². The van der Waals surface area contributed by atoms with Gasteiger partial charge < -0.3 is 0 Å². The summed E-state index contributed by atoms with van der Waals surface area (Å²) in [5.41, 5.74) is 1.91. The van der Waals surface area contributed by atoms with E-state index in [4.69, 9.17) is 0 Å². The summed E-state index contributed by atoms with van der Waals surface area (Å²) in [5.74, 6) is 0. The highest BCUT2D eigenvalue weighted by Gasteiger charge is 2.49. The smallest absolute Gasteiger partial charge is 0.108 e. The monoisotopic (exact) mass is 243 g/mol. The molecule has 0 aromatic carbocycles. The number of nitrogens with zero attached hydrogens (tertiary/aromatic N) is 5. The van der Waals surface area contributed by atoms with Gasteiger partial charge in [0.2, 0.25) is 0 Å². The normalized spacial score (nSPS) is 17.7. The van der Waals surface area contributed by atoms with E-state index >= 15 is 0 Å². The first-order valence-corrected chi connectivity index (χ1v) is 6.24. The molecule has 2 aromatic rings. The molecule has 0 atom stereocenters. The molecule has 5 heteroatoms. The Bertz CT molecular complexity index is 548. The fourth-order valence-corrected chi connectivity index (χ4v) is 2.09. The van der Waals surface area contributed by atoms with Crippen molar-refractivity contribution in [2.75, 3.05) is 0 Å². The summed E-state index contributed by atoms with van der Waals surface area (Å²) >= 11 is 0. The molecule has 0 saturated heterocycles. The van der Waals surface area contributed by atoms with Gasteiger partial charge in [-0.15, -0.1) is 5.10 Å². The van der Waals surface area contributed by atoms with E-state index in [0.717, 1.165) is 24.2 Å². The van der Waals surface area contributed by atoms with Gasteiger partial charge in [-0.05, 0) is 25.0 Å². The minimum absolute atomic E-state index is 0.0245. The number of aromatic nitrogens is 5. The molecule has 1 aliphatic rings. The summed E-state index contributed by atoms with van der Waals surface area (Å²) < 4.78 is 1.96. The molecule has 0 bridgehead atoms. The van der Waals surface area contributed by atoms with E-state index in [1.165, 1.54) is 0 Å². The Hall–Kier alpha value is -1.78. The Morgan fingerprint density at radius 1 is 1.22 bits per heavy atom. The van der Waals surface area contributed by atoms with Gasteiger partial charge >= 0.3 is 0 Å². The molecule has 0 N–H and O–H groups in total. The zero-order valence-corrected chi connectivity index (χ0v) is 11.0. The van der Waals surface area contributed by atoms with Crippen LogP contribution in [0, 0.1) is 0 Å². The van der Waals surface area contributed by atoms with Crippen molar-refractivity contribution >= 4 is 0 Å². The lowest BCUT2D eigenvalue weighted by Crippen LogP contribution is -2.21. The van der Waals surface area contributed by atoms with E-state index in [1.807, 2.05) is 23.0 Å². The van der Waals surface area contributed by atoms with Gasteiger partial charge in [0, 0.05) is 11.6 Å². The first-order chi connectivity index (χ1) is 8.52. The topological polar surface area (TPSA) is 56.5 Å². The number of rotatable bonds is 2. The zero-order chi connectivity index (χ0) is 12.8. The van der Waals surface area contributed by atoms with Gasteiger partial charge in [-0.25, -0.2) is 4.68 Å². The van der Waals surface area contributed by atoms with Gasteiger partial charge in [0.15, 0.2) is 0 Å². The molecule has 0 amide bonds. The third-order valence-electron chi connectivity index (χ3n) is 3.47. The molecule has 18 heavy (non-hydrogen) atoms. The van der Waals surface area contributed by atoms with Crippen LogP contribution in [0.1, 0.15) is 45.0 Å². The van der Waals surface area contributed by atoms with Crippen LogP contribution in [0.25, 0.3) is 0 Å². The van der Waals surface area contributed by atoms with Crippen LogP contribution < -0.4 is 0 Å². The maximum absolute atomic E-state index is 4.29. The lowest BCUT2D eigenvalue weighted by Gasteiger charge is -2.15. The standard InChI is InChI=1S/C13H17N5/c1-12(2,3)11-9-18(17-16-11)13(6-7-13)10-5-4-8-14-15-10/h4-5,8-9H,6-7H2,1-3H3. The third kappa shape index (κ3) is 1.70. The second-order valence-corrected chi connectivity index (χ2v) is 5.94. The lowest BCUT2D eigenvalue weighted by atomic mass is 9.93. The molecule has 3 rings (SSSR count). The first kappa shape index (κ1) is 11.3. The first-order valence-electron chi connectivity index (χ1n) is 6.24. The molecule has 5 nitrogen and oxygen atoms in total. The Labute approximate surface area is 106 Å². The predicted molar refractivity (Wildman–Crippen MR) is 67.1 cm³/mol. The Morgan fingerprint density at radius 3 is 2.50 bits per heavy atom. The summed E-state index contributed by atoms with van der Waals surface area (Å²) in [6.45, 7) is 6.43. The van der Waals surface area contributed by atoms with Crippen LogP contribution in [0.3, 0.4) is 0 Å². The van der Waals surface area contributed by atoms with Crippen LogP contribution >= 0.6 is 0 Å². The van der Waals surface area contributed by atoms with Crippen LogP contribution in [-0.2, 0) is 11.0 Å². The molecule has 1 fully saturated rings. The van der Waals surface area contributed by atoms with Crippen LogP contribution in [0.4, 0.5) is 0 Å². The van der Waals surface area contributed by atoms with E-state index < -0.39 is 0 Å². The molecular formula is C13H17N5. The molecule has 0 aliphatic heterocycles. The van der Waals surface area contributed by atoms with Crippen LogP contribution in [0.2, 0.25) is 0 Å². The van der Waals surface area contributed by atoms with Crippen molar-refractivity contribution in [2.24, 2.45) is 0 Å². The Balaban J connectivity index is 1.99. The Morgan fingerprint density at radius 2 is 2.00 bits per heavy atom. The molecule has 2 aromatic heterocycles. The largest absolute Gasteiger partial charge is 0.240 e. The van der Waals surface area contributed by atoms with E-state index in [2.05, 4.69) is 41.3 Å². The summed E-state index contributed by atoms with van der Waals surface area (Å²) in [6, 6.07) is 3.93. The average Bonchev–Trinajstić information content (AvgIpc) is 2.99. The van der Waals surface area contributed by atoms with Gasteiger partial charge in [0.1, 0.15) is 5.54 Å². The minimum Gasteiger partial charge on any atom is -0.240 e. The second-order valence-electron chi connectivity index (χ2n) is 5.94. The van der Waals surface area contributed by atoms with E-state index in [0.29, 0.717) is 0 Å². The fraction of sp³-hybridized carbons (Fsp3) is 0.538. The predicted octanol–water partition coefficient (Wildman–Crippen LogP) is 1.90. The zero-order valence-electron chi connectivity index (χ0n) is 11.0. The molecule has 0 unspecified atom stereocenters. The highest BCUT2D eigenvalue weighted by Crippen LogP contribution is 2.47. The SMILES string of the molecule is CC(C)(C)c1cn(C2(c3cccnn3)CC2)nn1. The molecule has 1 saturated carbocycles. The highest BCUT2D eigenvalue weighted by atomic mass is 15.5. The maximum atomic E-state index is 4.29. The summed E-state index contributed by atoms with van der Waals surface area (Å²) in [5, 5.41) is 16.8. The second kappa shape index (κ2) is 3.60. The van der Waals surface area contributed by atoms with Crippen molar-refractivity contribution in [3.8, 4) is 0 Å². The number of hydrogen-bond donors (Lipinski definition) is 0. The minimum atomic E-state index is -0.106. The lowest BCUT2D eigenvalue weighted by molar-refractivity contribution is 0.474. The quantitative estimate of drug-likeness (QED) is 0.808. The van der Waals surface area contributed by atoms with Gasteiger partial charge in [-0.2, -0.15) is 10.2 Å². The molecule has 0 spiro atoms. The van der Waals surface area contributed by atoms with E-state index in [1.54, 1.807) is 6.20 Å². The van der Waals surface area contributed by atoms with Crippen LogP contribution in [0.5, 0.6) is 0 Å². The molecule has 94 valence electrons. The molecular weight excluding hydrogens is 226 g/mol. The van der Waals surface area contributed by atoms with Crippen molar-refractivity contribution in [1.82, 2.24) is 25.2 Å². The van der Waals surface area contributed by atoms with Crippen molar-refractivity contribution in [3.05, 3.63) is 35.9 Å².